The summed E-state index contributed by atoms with van der Waals surface area (Å²) >= 11 is 0. The van der Waals surface area contributed by atoms with Crippen molar-refractivity contribution < 1.29 is 19.1 Å². The van der Waals surface area contributed by atoms with E-state index in [-0.39, 0.29) is 12.5 Å². The zero-order chi connectivity index (χ0) is 15.8. The van der Waals surface area contributed by atoms with E-state index in [1.807, 2.05) is 0 Å². The molecule has 21 heavy (non-hydrogen) atoms. The average Bonchev–Trinajstić information content (AvgIpc) is 2.49. The number of carbonyl (C=O) groups excluding carboxylic acids is 2. The molecule has 1 aromatic rings. The van der Waals surface area contributed by atoms with E-state index in [0.29, 0.717) is 23.6 Å². The molecule has 0 saturated carbocycles. The molecule has 0 bridgehead atoms. The topological polar surface area (TPSA) is 81.9 Å². The number of rotatable bonds is 8. The summed E-state index contributed by atoms with van der Waals surface area (Å²) in [5.74, 6) is 0.120. The molecule has 6 nitrogen and oxygen atoms in total. The van der Waals surface area contributed by atoms with E-state index in [0.717, 1.165) is 12.8 Å². The molecule has 116 valence electrons. The van der Waals surface area contributed by atoms with Gasteiger partial charge in [0.2, 0.25) is 0 Å². The van der Waals surface area contributed by atoms with Crippen LogP contribution in [-0.4, -0.2) is 44.0 Å². The highest BCUT2D eigenvalue weighted by Crippen LogP contribution is 2.28. The SMILES string of the molecule is CCCCN(C)C(=O)c1ccc(OCC(N)=O)c(OC)c1. The summed E-state index contributed by atoms with van der Waals surface area (Å²) < 4.78 is 10.4. The Morgan fingerprint density at radius 1 is 1.29 bits per heavy atom. The van der Waals surface area contributed by atoms with E-state index in [1.165, 1.54) is 7.11 Å². The van der Waals surface area contributed by atoms with Gasteiger partial charge in [-0.15, -0.1) is 0 Å². The largest absolute Gasteiger partial charge is 0.493 e. The maximum atomic E-state index is 12.3. The first-order chi connectivity index (χ1) is 9.99. The Kier molecular flexibility index (Phi) is 6.52. The van der Waals surface area contributed by atoms with Crippen molar-refractivity contribution in [2.75, 3.05) is 27.3 Å². The predicted octanol–water partition coefficient (Wildman–Crippen LogP) is 1.43. The number of amides is 2. The third-order valence-corrected chi connectivity index (χ3v) is 2.97. The van der Waals surface area contributed by atoms with Crippen molar-refractivity contribution >= 4 is 11.8 Å². The van der Waals surface area contributed by atoms with Crippen LogP contribution in [0, 0.1) is 0 Å². The highest BCUT2D eigenvalue weighted by Gasteiger charge is 2.15. The number of hydrogen-bond donors (Lipinski definition) is 1. The minimum Gasteiger partial charge on any atom is -0.493 e. The van der Waals surface area contributed by atoms with Gasteiger partial charge in [0.25, 0.3) is 11.8 Å². The molecule has 0 aliphatic heterocycles. The molecular weight excluding hydrogens is 272 g/mol. The van der Waals surface area contributed by atoms with Crippen molar-refractivity contribution in [3.8, 4) is 11.5 Å². The minimum absolute atomic E-state index is 0.0804. The monoisotopic (exact) mass is 294 g/mol. The maximum Gasteiger partial charge on any atom is 0.255 e. The van der Waals surface area contributed by atoms with E-state index in [9.17, 15) is 9.59 Å². The number of benzene rings is 1. The smallest absolute Gasteiger partial charge is 0.255 e. The van der Waals surface area contributed by atoms with Crippen LogP contribution >= 0.6 is 0 Å². The number of hydrogen-bond acceptors (Lipinski definition) is 4. The van der Waals surface area contributed by atoms with Crippen LogP contribution in [0.3, 0.4) is 0 Å². The molecule has 0 saturated heterocycles. The number of nitrogens with zero attached hydrogens (tertiary/aromatic N) is 1. The Labute approximate surface area is 124 Å². The van der Waals surface area contributed by atoms with Crippen molar-refractivity contribution in [1.29, 1.82) is 0 Å². The van der Waals surface area contributed by atoms with Gasteiger partial charge in [-0.3, -0.25) is 9.59 Å². The summed E-state index contributed by atoms with van der Waals surface area (Å²) in [5, 5.41) is 0. The molecule has 0 heterocycles. The fraction of sp³-hybridized carbons (Fsp3) is 0.467. The first-order valence-corrected chi connectivity index (χ1v) is 6.84. The number of nitrogens with two attached hydrogens (primary N) is 1. The molecule has 0 radical (unpaired) electrons. The van der Waals surface area contributed by atoms with E-state index in [4.69, 9.17) is 15.2 Å². The highest BCUT2D eigenvalue weighted by molar-refractivity contribution is 5.94. The summed E-state index contributed by atoms with van der Waals surface area (Å²) in [5.41, 5.74) is 5.54. The zero-order valence-corrected chi connectivity index (χ0v) is 12.7. The number of unbranched alkanes of at least 4 members (excludes halogenated alkanes) is 1. The standard InChI is InChI=1S/C15H22N2O4/c1-4-5-8-17(2)15(19)11-6-7-12(13(9-11)20-3)21-10-14(16)18/h6-7,9H,4-5,8,10H2,1-3H3,(H2,16,18). The molecule has 6 heteroatoms. The predicted molar refractivity (Wildman–Crippen MR) is 79.6 cm³/mol. The van der Waals surface area contributed by atoms with Crippen molar-refractivity contribution in [2.24, 2.45) is 5.73 Å². The molecule has 2 amide bonds. The van der Waals surface area contributed by atoms with Crippen LogP contribution in [0.2, 0.25) is 0 Å². The molecule has 0 unspecified atom stereocenters. The molecule has 0 aliphatic carbocycles. The number of methoxy groups -OCH3 is 1. The maximum absolute atomic E-state index is 12.3. The van der Waals surface area contributed by atoms with Crippen molar-refractivity contribution in [3.05, 3.63) is 23.8 Å². The molecular formula is C15H22N2O4. The fourth-order valence-electron chi connectivity index (χ4n) is 1.79. The third-order valence-electron chi connectivity index (χ3n) is 2.97. The van der Waals surface area contributed by atoms with Crippen LogP contribution in [0.25, 0.3) is 0 Å². The molecule has 0 atom stereocenters. The summed E-state index contributed by atoms with van der Waals surface area (Å²) in [6.45, 7) is 2.55. The van der Waals surface area contributed by atoms with Gasteiger partial charge in [-0.1, -0.05) is 13.3 Å². The molecule has 0 spiro atoms. The average molecular weight is 294 g/mol. The zero-order valence-electron chi connectivity index (χ0n) is 12.7. The molecule has 2 N–H and O–H groups in total. The lowest BCUT2D eigenvalue weighted by Crippen LogP contribution is -2.27. The Balaban J connectivity index is 2.85. The van der Waals surface area contributed by atoms with Crippen LogP contribution in [0.4, 0.5) is 0 Å². The molecule has 0 aliphatic rings. The van der Waals surface area contributed by atoms with Crippen LogP contribution in [-0.2, 0) is 4.79 Å². The van der Waals surface area contributed by atoms with E-state index >= 15 is 0 Å². The number of ether oxygens (including phenoxy) is 2. The Morgan fingerprint density at radius 2 is 2.00 bits per heavy atom. The first kappa shape index (κ1) is 16.8. The van der Waals surface area contributed by atoms with Crippen molar-refractivity contribution in [3.63, 3.8) is 0 Å². The fourth-order valence-corrected chi connectivity index (χ4v) is 1.79. The lowest BCUT2D eigenvalue weighted by molar-refractivity contribution is -0.119. The Hall–Kier alpha value is -2.24. The second-order valence-corrected chi connectivity index (χ2v) is 4.70. The molecule has 0 fully saturated rings. The van der Waals surface area contributed by atoms with Crippen LogP contribution in [0.15, 0.2) is 18.2 Å². The van der Waals surface area contributed by atoms with Crippen LogP contribution in [0.1, 0.15) is 30.1 Å². The summed E-state index contributed by atoms with van der Waals surface area (Å²) in [6, 6.07) is 4.84. The summed E-state index contributed by atoms with van der Waals surface area (Å²) in [6.07, 6.45) is 1.99. The van der Waals surface area contributed by atoms with Crippen molar-refractivity contribution in [1.82, 2.24) is 4.90 Å². The summed E-state index contributed by atoms with van der Waals surface area (Å²) in [7, 11) is 3.24. The van der Waals surface area contributed by atoms with Gasteiger partial charge >= 0.3 is 0 Å². The number of primary amides is 1. The lowest BCUT2D eigenvalue weighted by Gasteiger charge is -2.18. The second kappa shape index (κ2) is 8.14. The van der Waals surface area contributed by atoms with Crippen LogP contribution in [0.5, 0.6) is 11.5 Å². The van der Waals surface area contributed by atoms with Gasteiger partial charge in [0.1, 0.15) is 0 Å². The first-order valence-electron chi connectivity index (χ1n) is 6.84. The van der Waals surface area contributed by atoms with Gasteiger partial charge in [-0.05, 0) is 24.6 Å². The van der Waals surface area contributed by atoms with Crippen LogP contribution < -0.4 is 15.2 Å². The van der Waals surface area contributed by atoms with Crippen molar-refractivity contribution in [2.45, 2.75) is 19.8 Å². The van der Waals surface area contributed by atoms with Gasteiger partial charge in [0.15, 0.2) is 18.1 Å². The highest BCUT2D eigenvalue weighted by atomic mass is 16.5. The van der Waals surface area contributed by atoms with Gasteiger partial charge in [0.05, 0.1) is 7.11 Å². The Morgan fingerprint density at radius 3 is 2.57 bits per heavy atom. The Bertz CT molecular complexity index is 502. The van der Waals surface area contributed by atoms with E-state index in [2.05, 4.69) is 6.92 Å². The normalized spacial score (nSPS) is 10.0. The number of carbonyl (C=O) groups is 2. The minimum atomic E-state index is -0.573. The quantitative estimate of drug-likeness (QED) is 0.786. The van der Waals surface area contributed by atoms with E-state index < -0.39 is 5.91 Å². The lowest BCUT2D eigenvalue weighted by atomic mass is 10.1. The third kappa shape index (κ3) is 4.98. The van der Waals surface area contributed by atoms with Gasteiger partial charge in [-0.25, -0.2) is 0 Å². The van der Waals surface area contributed by atoms with Gasteiger partial charge < -0.3 is 20.1 Å². The second-order valence-electron chi connectivity index (χ2n) is 4.70. The van der Waals surface area contributed by atoms with E-state index in [1.54, 1.807) is 30.1 Å². The molecule has 1 rings (SSSR count). The molecule has 1 aromatic carbocycles. The van der Waals surface area contributed by atoms with Gasteiger partial charge in [0, 0.05) is 19.2 Å². The summed E-state index contributed by atoms with van der Waals surface area (Å²) in [4.78, 5) is 24.7. The van der Waals surface area contributed by atoms with Gasteiger partial charge in [-0.2, -0.15) is 0 Å². The molecule has 0 aromatic heterocycles.